The first-order valence-corrected chi connectivity index (χ1v) is 19.3. The van der Waals surface area contributed by atoms with Crippen LogP contribution < -0.4 is 27.2 Å². The van der Waals surface area contributed by atoms with E-state index in [1.165, 1.54) is 29.6 Å². The molecular weight excluding hydrogens is 785 g/mol. The second-order valence-electron chi connectivity index (χ2n) is 11.5. The van der Waals surface area contributed by atoms with E-state index in [1.807, 2.05) is 0 Å². The number of nitrogens with two attached hydrogens (primary N) is 2. The van der Waals surface area contributed by atoms with Crippen LogP contribution in [0.2, 0.25) is 0 Å². The van der Waals surface area contributed by atoms with Gasteiger partial charge in [0.25, 0.3) is 17.1 Å². The van der Waals surface area contributed by atoms with Crippen molar-refractivity contribution in [2.45, 2.75) is 49.1 Å². The summed E-state index contributed by atoms with van der Waals surface area (Å²) in [6.07, 6.45) is -9.71. The van der Waals surface area contributed by atoms with E-state index in [2.05, 4.69) is 42.6 Å². The van der Waals surface area contributed by atoms with Crippen molar-refractivity contribution in [1.82, 2.24) is 34.1 Å². The molecule has 2 saturated heterocycles. The van der Waals surface area contributed by atoms with Gasteiger partial charge in [-0.05, 0) is 0 Å². The van der Waals surface area contributed by atoms with Crippen LogP contribution >= 0.6 is 23.5 Å². The summed E-state index contributed by atoms with van der Waals surface area (Å²) < 4.78 is 75.2. The summed E-state index contributed by atoms with van der Waals surface area (Å²) in [4.78, 5) is 71.1. The molecule has 0 saturated carbocycles. The van der Waals surface area contributed by atoms with Gasteiger partial charge >= 0.3 is 29.1 Å². The molecule has 53 heavy (non-hydrogen) atoms. The Morgan fingerprint density at radius 3 is 2.09 bits per heavy atom. The van der Waals surface area contributed by atoms with Gasteiger partial charge in [0, 0.05) is 7.11 Å². The Labute approximate surface area is 293 Å². The number of methoxy groups -OCH3 is 1. The highest BCUT2D eigenvalue weighted by molar-refractivity contribution is 7.66. The highest BCUT2D eigenvalue weighted by atomic mass is 31.3. The number of nitrogens with one attached hydrogen (secondary N) is 2. The van der Waals surface area contributed by atoms with E-state index >= 15 is 0 Å². The fourth-order valence-electron chi connectivity index (χ4n) is 5.67. The number of H-pyrrole nitrogens is 2. The van der Waals surface area contributed by atoms with E-state index in [9.17, 15) is 53.3 Å². The first-order valence-electron chi connectivity index (χ1n) is 14.8. The Hall–Kier alpha value is -3.53. The van der Waals surface area contributed by atoms with Gasteiger partial charge in [0.15, 0.2) is 23.7 Å². The number of phosphoric acid groups is 3. The zero-order valence-corrected chi connectivity index (χ0v) is 29.6. The minimum Gasteiger partial charge on any atom is -0.387 e. The van der Waals surface area contributed by atoms with E-state index in [0.29, 0.717) is 0 Å². The second kappa shape index (κ2) is 14.3. The number of aliphatic hydroxyl groups excluding tert-OH is 3. The van der Waals surface area contributed by atoms with Gasteiger partial charge in [-0.3, -0.25) is 37.7 Å². The molecule has 12 N–H and O–H groups in total. The lowest BCUT2D eigenvalue weighted by molar-refractivity contribution is -0.745. The molecular formula is C22H32N10O18P3+. The Balaban J connectivity index is 1.06. The summed E-state index contributed by atoms with van der Waals surface area (Å²) in [5, 5.41) is 31.9. The van der Waals surface area contributed by atoms with E-state index in [-0.39, 0.29) is 34.2 Å². The maximum atomic E-state index is 12.6. The number of aryl methyl sites for hydroxylation is 1. The van der Waals surface area contributed by atoms with Gasteiger partial charge in [-0.2, -0.15) is 13.6 Å². The van der Waals surface area contributed by atoms with Crippen LogP contribution in [0.15, 0.2) is 22.2 Å². The molecule has 6 rings (SSSR count). The molecule has 11 atom stereocenters. The smallest absolute Gasteiger partial charge is 0.387 e. The number of anilines is 2. The largest absolute Gasteiger partial charge is 0.490 e. The lowest BCUT2D eigenvalue weighted by Crippen LogP contribution is -2.46. The van der Waals surface area contributed by atoms with Gasteiger partial charge in [-0.1, -0.05) is 4.98 Å². The fraction of sp³-hybridized carbons (Fsp3) is 0.545. The van der Waals surface area contributed by atoms with E-state index in [0.717, 1.165) is 10.9 Å². The Morgan fingerprint density at radius 1 is 0.887 bits per heavy atom. The third-order valence-corrected chi connectivity index (χ3v) is 12.2. The van der Waals surface area contributed by atoms with Crippen molar-refractivity contribution in [3.8, 4) is 0 Å². The summed E-state index contributed by atoms with van der Waals surface area (Å²) in [7, 11) is -14.7. The quantitative estimate of drug-likeness (QED) is 0.0455. The van der Waals surface area contributed by atoms with Crippen LogP contribution in [0.1, 0.15) is 12.5 Å². The molecule has 0 aliphatic carbocycles. The Morgan fingerprint density at radius 2 is 1.47 bits per heavy atom. The van der Waals surface area contributed by atoms with Gasteiger partial charge in [-0.25, -0.2) is 23.2 Å². The number of nitrogen functional groups attached to an aromatic ring is 2. The average Bonchev–Trinajstić information content (AvgIpc) is 3.76. The molecule has 5 unspecified atom stereocenters. The molecule has 2 aliphatic rings. The van der Waals surface area contributed by atoms with Crippen molar-refractivity contribution in [1.29, 1.82) is 0 Å². The molecule has 4 aromatic rings. The predicted molar refractivity (Wildman–Crippen MR) is 169 cm³/mol. The molecule has 2 aliphatic heterocycles. The van der Waals surface area contributed by atoms with E-state index in [4.69, 9.17) is 25.7 Å². The van der Waals surface area contributed by atoms with Crippen molar-refractivity contribution < 1.29 is 80.1 Å². The van der Waals surface area contributed by atoms with E-state index in [1.54, 1.807) is 0 Å². The van der Waals surface area contributed by atoms with Gasteiger partial charge in [0.1, 0.15) is 36.6 Å². The Bertz CT molecular complexity index is 2300. The van der Waals surface area contributed by atoms with Crippen LogP contribution in [-0.2, 0) is 52.6 Å². The molecule has 6 heterocycles. The standard InChI is InChI=1S/C22H31N10O18P3/c1-30-6-32(16-10(30)18(37)29-22(24)27-16)19-13(35)11(33)7(47-19)3-45-51(38,39)49-53(42,43)50-52(40,41)46-4-8-12(34)14(44-2)20(48-8)31-5-25-9-15(31)26-21(23)28-17(9)36/h5-8,11-14,19-20,33-35H,3-4H2,1-2H3,(H8-,23,24,26,27,28,29,36,37,38,39,40,41,42,43)/p+1/t7-,8?,11-,12-,13+,14-,19?,20-/m1/s1. The zero-order chi connectivity index (χ0) is 38.8. The topological polar surface area (TPSA) is 407 Å². The van der Waals surface area contributed by atoms with Crippen LogP contribution in [0, 0.1) is 0 Å². The fourth-order valence-corrected chi connectivity index (χ4v) is 9.20. The monoisotopic (exact) mass is 817 g/mol. The average molecular weight is 817 g/mol. The third-order valence-electron chi connectivity index (χ3n) is 7.93. The number of ether oxygens (including phenoxy) is 3. The summed E-state index contributed by atoms with van der Waals surface area (Å²) in [6.45, 7) is -2.08. The van der Waals surface area contributed by atoms with Crippen molar-refractivity contribution in [3.63, 3.8) is 0 Å². The SMILES string of the molecule is CO[C@@H]1[C@H](O)C(COP(=O)(O)OP(=O)(O)OP(=O)(O)OC[C@H]2OC([n+]3cn(C)c4c(=O)[nH]c(N)nc43)[C@@H](O)[C@@H]2O)O[C@H]1n1cnc2c(=O)[nH]c(N)nc21. The maximum Gasteiger partial charge on any atom is 0.490 e. The number of hydrogen-bond donors (Lipinski definition) is 10. The van der Waals surface area contributed by atoms with Crippen molar-refractivity contribution >= 4 is 57.7 Å². The minimum absolute atomic E-state index is 0.0159. The van der Waals surface area contributed by atoms with Crippen LogP contribution in [0.5, 0.6) is 0 Å². The summed E-state index contributed by atoms with van der Waals surface area (Å²) in [5.74, 6) is -0.538. The van der Waals surface area contributed by atoms with Crippen LogP contribution in [0.4, 0.5) is 11.9 Å². The number of fused-ring (bicyclic) bond motifs is 2. The van der Waals surface area contributed by atoms with Crippen LogP contribution in [-0.4, -0.2) is 121 Å². The number of phosphoric ester groups is 2. The molecule has 0 amide bonds. The maximum absolute atomic E-state index is 12.6. The molecule has 4 aromatic heterocycles. The first-order chi connectivity index (χ1) is 24.7. The van der Waals surface area contributed by atoms with Gasteiger partial charge < -0.3 is 55.7 Å². The van der Waals surface area contributed by atoms with Crippen LogP contribution in [0.25, 0.3) is 22.3 Å². The van der Waals surface area contributed by atoms with Gasteiger partial charge in [0.2, 0.25) is 17.7 Å². The number of aromatic nitrogens is 8. The molecule has 0 spiro atoms. The normalized spacial score (nSPS) is 29.7. The second-order valence-corrected chi connectivity index (χ2v) is 16.1. The van der Waals surface area contributed by atoms with Crippen molar-refractivity contribution in [2.75, 3.05) is 31.8 Å². The molecule has 0 radical (unpaired) electrons. The molecule has 0 aromatic carbocycles. The lowest BCUT2D eigenvalue weighted by Gasteiger charge is -2.21. The van der Waals surface area contributed by atoms with Crippen LogP contribution in [0.3, 0.4) is 0 Å². The highest BCUT2D eigenvalue weighted by Gasteiger charge is 2.50. The minimum atomic E-state index is -5.98. The number of imidazole rings is 2. The number of aromatic amines is 2. The molecule has 2 fully saturated rings. The number of nitrogens with zero attached hydrogens (tertiary/aromatic N) is 6. The van der Waals surface area contributed by atoms with Crippen molar-refractivity contribution in [3.05, 3.63) is 33.4 Å². The van der Waals surface area contributed by atoms with Gasteiger partial charge in [-0.15, -0.1) is 0 Å². The number of hydrogen-bond acceptors (Lipinski definition) is 20. The van der Waals surface area contributed by atoms with E-state index < -0.39 is 96.9 Å². The Kier molecular flexibility index (Phi) is 10.6. The third kappa shape index (κ3) is 7.85. The summed E-state index contributed by atoms with van der Waals surface area (Å²) in [6, 6.07) is 0. The molecule has 28 nitrogen and oxygen atoms in total. The zero-order valence-electron chi connectivity index (χ0n) is 26.9. The number of rotatable bonds is 13. The van der Waals surface area contributed by atoms with Gasteiger partial charge in [0.05, 0.1) is 26.6 Å². The lowest BCUT2D eigenvalue weighted by atomic mass is 10.1. The molecule has 31 heteroatoms. The number of aliphatic hydroxyl groups is 3. The predicted octanol–water partition coefficient (Wildman–Crippen LogP) is -3.89. The molecule has 292 valence electrons. The molecule has 0 bridgehead atoms. The first kappa shape index (κ1) is 39.2. The van der Waals surface area contributed by atoms with Crippen molar-refractivity contribution in [2.24, 2.45) is 7.05 Å². The highest BCUT2D eigenvalue weighted by Crippen LogP contribution is 2.67. The summed E-state index contributed by atoms with van der Waals surface area (Å²) >= 11 is 0. The summed E-state index contributed by atoms with van der Waals surface area (Å²) in [5.41, 5.74) is 9.67.